The summed E-state index contributed by atoms with van der Waals surface area (Å²) in [6.45, 7) is 4.59. The average molecular weight is 154 g/mol. The van der Waals surface area contributed by atoms with Crippen molar-refractivity contribution in [3.05, 3.63) is 11.3 Å². The van der Waals surface area contributed by atoms with Gasteiger partial charge in [-0.15, -0.1) is 0 Å². The highest BCUT2D eigenvalue weighted by molar-refractivity contribution is 5.96. The van der Waals surface area contributed by atoms with Crippen molar-refractivity contribution in [2.75, 3.05) is 6.61 Å². The van der Waals surface area contributed by atoms with Crippen LogP contribution >= 0.6 is 0 Å². The molecule has 1 aliphatic heterocycles. The summed E-state index contributed by atoms with van der Waals surface area (Å²) in [6, 6.07) is 0. The molecule has 2 heteroatoms. The molecule has 1 aliphatic rings. The quantitative estimate of drug-likeness (QED) is 0.608. The Hall–Kier alpha value is -0.790. The van der Waals surface area contributed by atoms with Gasteiger partial charge in [0.25, 0.3) is 0 Å². The van der Waals surface area contributed by atoms with Crippen molar-refractivity contribution in [2.45, 2.75) is 33.1 Å². The van der Waals surface area contributed by atoms with Gasteiger partial charge in [-0.1, -0.05) is 13.8 Å². The van der Waals surface area contributed by atoms with E-state index in [2.05, 4.69) is 0 Å². The maximum absolute atomic E-state index is 11.3. The monoisotopic (exact) mass is 154 g/mol. The van der Waals surface area contributed by atoms with E-state index in [1.54, 1.807) is 0 Å². The molecular weight excluding hydrogens is 140 g/mol. The van der Waals surface area contributed by atoms with Gasteiger partial charge in [0.15, 0.2) is 5.78 Å². The van der Waals surface area contributed by atoms with Crippen molar-refractivity contribution in [1.29, 1.82) is 0 Å². The molecular formula is C9H14O2. The van der Waals surface area contributed by atoms with E-state index >= 15 is 0 Å². The molecule has 0 aliphatic carbocycles. The molecule has 0 spiro atoms. The van der Waals surface area contributed by atoms with E-state index in [4.69, 9.17) is 4.74 Å². The highest BCUT2D eigenvalue weighted by Crippen LogP contribution is 2.20. The summed E-state index contributed by atoms with van der Waals surface area (Å²) in [7, 11) is 0. The SMILES string of the molecule is CCC1=C(CC)C(=O)CCO1. The molecule has 0 saturated heterocycles. The molecule has 0 amide bonds. The van der Waals surface area contributed by atoms with Gasteiger partial charge in [-0.05, 0) is 6.42 Å². The summed E-state index contributed by atoms with van der Waals surface area (Å²) in [5.74, 6) is 1.18. The van der Waals surface area contributed by atoms with Crippen LogP contribution in [0.2, 0.25) is 0 Å². The summed E-state index contributed by atoms with van der Waals surface area (Å²) in [5.41, 5.74) is 0.902. The van der Waals surface area contributed by atoms with Gasteiger partial charge in [0, 0.05) is 18.4 Å². The van der Waals surface area contributed by atoms with Crippen LogP contribution < -0.4 is 0 Å². The number of carbonyl (C=O) groups is 1. The first-order chi connectivity index (χ1) is 5.29. The lowest BCUT2D eigenvalue weighted by atomic mass is 10.0. The smallest absolute Gasteiger partial charge is 0.165 e. The van der Waals surface area contributed by atoms with Gasteiger partial charge in [0.2, 0.25) is 0 Å². The molecule has 0 aromatic heterocycles. The molecule has 0 aromatic rings. The summed E-state index contributed by atoms with van der Waals surface area (Å²) in [4.78, 5) is 11.3. The molecule has 11 heavy (non-hydrogen) atoms. The van der Waals surface area contributed by atoms with Crippen molar-refractivity contribution in [3.8, 4) is 0 Å². The topological polar surface area (TPSA) is 26.3 Å². The number of Topliss-reactive ketones (excluding diaryl/α,β-unsaturated/α-hetero) is 1. The maximum atomic E-state index is 11.3. The van der Waals surface area contributed by atoms with Crippen molar-refractivity contribution < 1.29 is 9.53 Å². The maximum Gasteiger partial charge on any atom is 0.165 e. The van der Waals surface area contributed by atoms with E-state index in [0.29, 0.717) is 13.0 Å². The fourth-order valence-corrected chi connectivity index (χ4v) is 1.37. The van der Waals surface area contributed by atoms with Gasteiger partial charge in [0.05, 0.1) is 6.61 Å². The molecule has 0 aromatic carbocycles. The molecule has 0 fully saturated rings. The molecule has 62 valence electrons. The fourth-order valence-electron chi connectivity index (χ4n) is 1.37. The number of hydrogen-bond acceptors (Lipinski definition) is 2. The van der Waals surface area contributed by atoms with Gasteiger partial charge >= 0.3 is 0 Å². The Kier molecular flexibility index (Phi) is 2.69. The standard InChI is InChI=1S/C9H14O2/c1-3-7-8(10)5-6-11-9(7)4-2/h3-6H2,1-2H3. The van der Waals surface area contributed by atoms with Crippen molar-refractivity contribution in [2.24, 2.45) is 0 Å². The molecule has 0 saturated carbocycles. The molecule has 0 N–H and O–H groups in total. The van der Waals surface area contributed by atoms with Crippen LogP contribution in [0, 0.1) is 0 Å². The Morgan fingerprint density at radius 1 is 1.36 bits per heavy atom. The van der Waals surface area contributed by atoms with Crippen LogP contribution in [0.3, 0.4) is 0 Å². The Morgan fingerprint density at radius 3 is 2.55 bits per heavy atom. The Balaban J connectivity index is 2.86. The third-order valence-electron chi connectivity index (χ3n) is 1.95. The van der Waals surface area contributed by atoms with Crippen molar-refractivity contribution in [1.82, 2.24) is 0 Å². The second-order valence-corrected chi connectivity index (χ2v) is 2.63. The van der Waals surface area contributed by atoms with Crippen LogP contribution in [-0.4, -0.2) is 12.4 Å². The molecule has 0 atom stereocenters. The second-order valence-electron chi connectivity index (χ2n) is 2.63. The number of hydrogen-bond donors (Lipinski definition) is 0. The number of carbonyl (C=O) groups excluding carboxylic acids is 1. The van der Waals surface area contributed by atoms with Crippen LogP contribution in [0.15, 0.2) is 11.3 Å². The predicted molar refractivity (Wildman–Crippen MR) is 43.2 cm³/mol. The first-order valence-electron chi connectivity index (χ1n) is 4.17. The first kappa shape index (κ1) is 8.31. The molecule has 0 radical (unpaired) electrons. The lowest BCUT2D eigenvalue weighted by Crippen LogP contribution is -2.16. The van der Waals surface area contributed by atoms with E-state index in [9.17, 15) is 4.79 Å². The highest BCUT2D eigenvalue weighted by atomic mass is 16.5. The Labute approximate surface area is 67.2 Å². The van der Waals surface area contributed by atoms with E-state index in [1.807, 2.05) is 13.8 Å². The first-order valence-corrected chi connectivity index (χ1v) is 4.17. The number of allylic oxidation sites excluding steroid dienone is 2. The van der Waals surface area contributed by atoms with E-state index in [-0.39, 0.29) is 5.78 Å². The third kappa shape index (κ3) is 1.62. The summed E-state index contributed by atoms with van der Waals surface area (Å²) in [5, 5.41) is 0. The number of ether oxygens (including phenoxy) is 1. The zero-order valence-corrected chi connectivity index (χ0v) is 7.14. The lowest BCUT2D eigenvalue weighted by molar-refractivity contribution is -0.118. The molecule has 0 unspecified atom stereocenters. The van der Waals surface area contributed by atoms with E-state index in [1.165, 1.54) is 0 Å². The zero-order valence-electron chi connectivity index (χ0n) is 7.14. The molecule has 1 rings (SSSR count). The van der Waals surface area contributed by atoms with Crippen LogP contribution in [-0.2, 0) is 9.53 Å². The predicted octanol–water partition coefficient (Wildman–Crippen LogP) is 2.05. The van der Waals surface area contributed by atoms with Crippen molar-refractivity contribution >= 4 is 5.78 Å². The highest BCUT2D eigenvalue weighted by Gasteiger charge is 2.18. The van der Waals surface area contributed by atoms with Gasteiger partial charge in [-0.2, -0.15) is 0 Å². The van der Waals surface area contributed by atoms with E-state index in [0.717, 1.165) is 24.2 Å². The minimum absolute atomic E-state index is 0.274. The van der Waals surface area contributed by atoms with Crippen LogP contribution in [0.25, 0.3) is 0 Å². The van der Waals surface area contributed by atoms with Gasteiger partial charge in [0.1, 0.15) is 5.76 Å². The van der Waals surface area contributed by atoms with Crippen LogP contribution in [0.4, 0.5) is 0 Å². The zero-order chi connectivity index (χ0) is 8.27. The number of rotatable bonds is 2. The normalized spacial score (nSPS) is 18.5. The van der Waals surface area contributed by atoms with E-state index < -0.39 is 0 Å². The summed E-state index contributed by atoms with van der Waals surface area (Å²) < 4.78 is 5.36. The molecule has 0 bridgehead atoms. The minimum atomic E-state index is 0.274. The summed E-state index contributed by atoms with van der Waals surface area (Å²) in [6.07, 6.45) is 2.21. The van der Waals surface area contributed by atoms with Crippen molar-refractivity contribution in [3.63, 3.8) is 0 Å². The lowest BCUT2D eigenvalue weighted by Gasteiger charge is -2.18. The third-order valence-corrected chi connectivity index (χ3v) is 1.95. The van der Waals surface area contributed by atoms with Crippen LogP contribution in [0.1, 0.15) is 33.1 Å². The Bertz CT molecular complexity index is 192. The average Bonchev–Trinajstić information content (AvgIpc) is 2.04. The largest absolute Gasteiger partial charge is 0.497 e. The van der Waals surface area contributed by atoms with Crippen LogP contribution in [0.5, 0.6) is 0 Å². The molecule has 2 nitrogen and oxygen atoms in total. The van der Waals surface area contributed by atoms with Gasteiger partial charge in [-0.25, -0.2) is 0 Å². The number of ketones is 1. The fraction of sp³-hybridized carbons (Fsp3) is 0.667. The minimum Gasteiger partial charge on any atom is -0.497 e. The van der Waals surface area contributed by atoms with Gasteiger partial charge < -0.3 is 4.74 Å². The second kappa shape index (κ2) is 3.56. The Morgan fingerprint density at radius 2 is 2.09 bits per heavy atom. The molecule has 1 heterocycles. The summed E-state index contributed by atoms with van der Waals surface area (Å²) >= 11 is 0. The van der Waals surface area contributed by atoms with Gasteiger partial charge in [-0.3, -0.25) is 4.79 Å².